The second-order valence-electron chi connectivity index (χ2n) is 5.12. The van der Waals surface area contributed by atoms with E-state index >= 15 is 0 Å². The van der Waals surface area contributed by atoms with Crippen molar-refractivity contribution in [3.63, 3.8) is 0 Å². The fourth-order valence-electron chi connectivity index (χ4n) is 2.43. The molecule has 98 valence electrons. The molecule has 1 N–H and O–H groups in total. The van der Waals surface area contributed by atoms with Crippen LogP contribution in [0.1, 0.15) is 46.0 Å². The lowest BCUT2D eigenvalue weighted by atomic mass is 9.96. The Morgan fingerprint density at radius 1 is 1.47 bits per heavy atom. The van der Waals surface area contributed by atoms with Gasteiger partial charge in [0.15, 0.2) is 0 Å². The number of hydrogen-bond acceptors (Lipinski definition) is 2. The third-order valence-electron chi connectivity index (χ3n) is 3.43. The summed E-state index contributed by atoms with van der Waals surface area (Å²) in [6.45, 7) is 5.32. The first-order valence-corrected chi connectivity index (χ1v) is 6.55. The van der Waals surface area contributed by atoms with Crippen molar-refractivity contribution in [1.82, 2.24) is 4.90 Å². The predicted molar refractivity (Wildman–Crippen MR) is 65.6 cm³/mol. The molecule has 0 bridgehead atoms. The van der Waals surface area contributed by atoms with Crippen LogP contribution in [-0.2, 0) is 9.59 Å². The van der Waals surface area contributed by atoms with Gasteiger partial charge in [-0.05, 0) is 18.8 Å². The quantitative estimate of drug-likeness (QED) is 0.802. The second-order valence-corrected chi connectivity index (χ2v) is 5.12. The first kappa shape index (κ1) is 14.0. The molecule has 1 unspecified atom stereocenters. The third-order valence-corrected chi connectivity index (χ3v) is 3.43. The average Bonchev–Trinajstić information content (AvgIpc) is 2.29. The van der Waals surface area contributed by atoms with E-state index in [-0.39, 0.29) is 11.8 Å². The molecule has 0 aliphatic carbocycles. The van der Waals surface area contributed by atoms with Crippen molar-refractivity contribution in [2.24, 2.45) is 11.8 Å². The van der Waals surface area contributed by atoms with Crippen LogP contribution in [0, 0.1) is 11.8 Å². The Labute approximate surface area is 103 Å². The number of hydrogen-bond donors (Lipinski definition) is 1. The number of amides is 1. The molecule has 17 heavy (non-hydrogen) atoms. The number of carbonyl (C=O) groups excluding carboxylic acids is 1. The van der Waals surface area contributed by atoms with Gasteiger partial charge in [-0.15, -0.1) is 0 Å². The van der Waals surface area contributed by atoms with Crippen LogP contribution in [0.3, 0.4) is 0 Å². The minimum atomic E-state index is -0.774. The zero-order valence-corrected chi connectivity index (χ0v) is 10.8. The second kappa shape index (κ2) is 6.62. The van der Waals surface area contributed by atoms with Crippen LogP contribution < -0.4 is 0 Å². The molecule has 4 nitrogen and oxygen atoms in total. The van der Waals surface area contributed by atoms with Crippen LogP contribution in [0.25, 0.3) is 0 Å². The Bertz CT molecular complexity index is 278. The van der Waals surface area contributed by atoms with E-state index in [2.05, 4.69) is 13.8 Å². The van der Waals surface area contributed by atoms with Crippen molar-refractivity contribution in [2.75, 3.05) is 13.1 Å². The maximum Gasteiger partial charge on any atom is 0.308 e. The third kappa shape index (κ3) is 4.36. The first-order valence-electron chi connectivity index (χ1n) is 6.55. The zero-order valence-electron chi connectivity index (χ0n) is 10.8. The molecule has 0 aromatic carbocycles. The molecule has 0 aromatic heterocycles. The minimum Gasteiger partial charge on any atom is -0.481 e. The molecule has 1 amide bonds. The minimum absolute atomic E-state index is 0.122. The first-order chi connectivity index (χ1) is 8.04. The van der Waals surface area contributed by atoms with E-state index in [9.17, 15) is 9.59 Å². The summed E-state index contributed by atoms with van der Waals surface area (Å²) in [6.07, 6.45) is 4.21. The highest BCUT2D eigenvalue weighted by atomic mass is 16.4. The number of carboxylic acid groups (broad SMARTS) is 1. The van der Waals surface area contributed by atoms with E-state index in [1.807, 2.05) is 0 Å². The fraction of sp³-hybridized carbons (Fsp3) is 0.846. The van der Waals surface area contributed by atoms with Gasteiger partial charge in [0.1, 0.15) is 0 Å². The molecule has 1 rings (SSSR count). The number of likely N-dealkylation sites (tertiary alicyclic amines) is 1. The van der Waals surface area contributed by atoms with Crippen LogP contribution in [-0.4, -0.2) is 35.0 Å². The summed E-state index contributed by atoms with van der Waals surface area (Å²) >= 11 is 0. The molecule has 1 heterocycles. The van der Waals surface area contributed by atoms with Crippen LogP contribution in [0.4, 0.5) is 0 Å². The number of nitrogens with zero attached hydrogens (tertiary/aromatic N) is 1. The monoisotopic (exact) mass is 241 g/mol. The number of aliphatic carboxylic acids is 1. The molecule has 1 fully saturated rings. The molecular weight excluding hydrogens is 218 g/mol. The van der Waals surface area contributed by atoms with Gasteiger partial charge in [-0.2, -0.15) is 0 Å². The van der Waals surface area contributed by atoms with Crippen molar-refractivity contribution < 1.29 is 14.7 Å². The van der Waals surface area contributed by atoms with Crippen LogP contribution in [0.2, 0.25) is 0 Å². The van der Waals surface area contributed by atoms with Crippen molar-refractivity contribution in [3.05, 3.63) is 0 Å². The van der Waals surface area contributed by atoms with E-state index in [0.717, 1.165) is 25.8 Å². The summed E-state index contributed by atoms with van der Waals surface area (Å²) in [5, 5.41) is 8.97. The SMILES string of the molecule is CCCC(C)CC(=O)N1CCC[C@H](C(=O)O)C1. The van der Waals surface area contributed by atoms with Crippen molar-refractivity contribution in [1.29, 1.82) is 0 Å². The molecule has 1 saturated heterocycles. The highest BCUT2D eigenvalue weighted by molar-refractivity contribution is 5.78. The molecule has 0 radical (unpaired) electrons. The molecule has 2 atom stereocenters. The van der Waals surface area contributed by atoms with Crippen LogP contribution in [0.15, 0.2) is 0 Å². The summed E-state index contributed by atoms with van der Waals surface area (Å²) in [6, 6.07) is 0. The Balaban J connectivity index is 2.43. The van der Waals surface area contributed by atoms with Crippen molar-refractivity contribution >= 4 is 11.9 Å². The number of carbonyl (C=O) groups is 2. The number of carboxylic acids is 1. The Hall–Kier alpha value is -1.06. The van der Waals surface area contributed by atoms with Gasteiger partial charge in [0.25, 0.3) is 0 Å². The standard InChI is InChI=1S/C13H23NO3/c1-3-5-10(2)8-12(15)14-7-4-6-11(9-14)13(16)17/h10-11H,3-9H2,1-2H3,(H,16,17)/t10?,11-/m0/s1. The maximum atomic E-state index is 12.0. The zero-order chi connectivity index (χ0) is 12.8. The summed E-state index contributed by atoms with van der Waals surface area (Å²) in [7, 11) is 0. The molecule has 0 saturated carbocycles. The average molecular weight is 241 g/mol. The van der Waals surface area contributed by atoms with Gasteiger partial charge in [-0.25, -0.2) is 0 Å². The Morgan fingerprint density at radius 3 is 2.76 bits per heavy atom. The predicted octanol–water partition coefficient (Wildman–Crippen LogP) is 2.14. The lowest BCUT2D eigenvalue weighted by molar-refractivity contribution is -0.145. The number of rotatable bonds is 5. The molecule has 0 spiro atoms. The van der Waals surface area contributed by atoms with Gasteiger partial charge < -0.3 is 10.0 Å². The summed E-state index contributed by atoms with van der Waals surface area (Å²) in [5.41, 5.74) is 0. The van der Waals surface area contributed by atoms with Crippen LogP contribution in [0.5, 0.6) is 0 Å². The summed E-state index contributed by atoms with van der Waals surface area (Å²) < 4.78 is 0. The number of piperidine rings is 1. The summed E-state index contributed by atoms with van der Waals surface area (Å²) in [4.78, 5) is 24.6. The highest BCUT2D eigenvalue weighted by Gasteiger charge is 2.28. The normalized spacial score (nSPS) is 22.2. The highest BCUT2D eigenvalue weighted by Crippen LogP contribution is 2.19. The lowest BCUT2D eigenvalue weighted by Gasteiger charge is -2.31. The summed E-state index contributed by atoms with van der Waals surface area (Å²) in [5.74, 6) is -0.618. The van der Waals surface area contributed by atoms with E-state index < -0.39 is 5.97 Å². The van der Waals surface area contributed by atoms with E-state index in [1.54, 1.807) is 4.90 Å². The van der Waals surface area contributed by atoms with Gasteiger partial charge in [-0.3, -0.25) is 9.59 Å². The molecule has 1 aliphatic rings. The van der Waals surface area contributed by atoms with E-state index in [1.165, 1.54) is 0 Å². The van der Waals surface area contributed by atoms with E-state index in [0.29, 0.717) is 25.3 Å². The topological polar surface area (TPSA) is 57.6 Å². The van der Waals surface area contributed by atoms with Crippen molar-refractivity contribution in [3.8, 4) is 0 Å². The van der Waals surface area contributed by atoms with Gasteiger partial charge >= 0.3 is 5.97 Å². The van der Waals surface area contributed by atoms with Gasteiger partial charge in [0.2, 0.25) is 5.91 Å². The Kier molecular flexibility index (Phi) is 5.45. The molecular formula is C13H23NO3. The Morgan fingerprint density at radius 2 is 2.18 bits per heavy atom. The van der Waals surface area contributed by atoms with Gasteiger partial charge in [-0.1, -0.05) is 26.7 Å². The van der Waals surface area contributed by atoms with E-state index in [4.69, 9.17) is 5.11 Å². The van der Waals surface area contributed by atoms with Crippen LogP contribution >= 0.6 is 0 Å². The molecule has 1 aliphatic heterocycles. The van der Waals surface area contributed by atoms with Gasteiger partial charge in [0.05, 0.1) is 5.92 Å². The maximum absolute atomic E-state index is 12.0. The lowest BCUT2D eigenvalue weighted by Crippen LogP contribution is -2.42. The smallest absolute Gasteiger partial charge is 0.308 e. The molecule has 4 heteroatoms. The molecule has 0 aromatic rings. The van der Waals surface area contributed by atoms with Gasteiger partial charge in [0, 0.05) is 19.5 Å². The largest absolute Gasteiger partial charge is 0.481 e. The van der Waals surface area contributed by atoms with Crippen molar-refractivity contribution in [2.45, 2.75) is 46.0 Å². The fourth-order valence-corrected chi connectivity index (χ4v) is 2.43.